The maximum absolute atomic E-state index is 14.0. The molecule has 3 rings (SSSR count). The molecule has 0 saturated carbocycles. The minimum Gasteiger partial charge on any atom is -0.392 e. The summed E-state index contributed by atoms with van der Waals surface area (Å²) in [5.41, 5.74) is 13.8. The van der Waals surface area contributed by atoms with Crippen LogP contribution in [0, 0.1) is 0 Å². The first-order valence-electron chi connectivity index (χ1n) is 11.1. The second-order valence-corrected chi connectivity index (χ2v) is 8.14. The van der Waals surface area contributed by atoms with Crippen LogP contribution in [0.1, 0.15) is 41.0 Å². The highest BCUT2D eigenvalue weighted by atomic mass is 16.3. The van der Waals surface area contributed by atoms with Crippen molar-refractivity contribution < 1.29 is 14.7 Å². The summed E-state index contributed by atoms with van der Waals surface area (Å²) >= 11 is 0. The third-order valence-corrected chi connectivity index (χ3v) is 5.81. The number of nitrogens with two attached hydrogens (primary N) is 2. The smallest absolute Gasteiger partial charge is 0.248 e. The summed E-state index contributed by atoms with van der Waals surface area (Å²) in [6, 6.07) is 26.0. The van der Waals surface area contributed by atoms with E-state index in [1.165, 1.54) is 0 Å². The fourth-order valence-corrected chi connectivity index (χ4v) is 3.88. The van der Waals surface area contributed by atoms with E-state index in [0.29, 0.717) is 13.0 Å². The van der Waals surface area contributed by atoms with Gasteiger partial charge in [0.05, 0.1) is 12.5 Å². The lowest BCUT2D eigenvalue weighted by Crippen LogP contribution is -2.61. The molecule has 6 heteroatoms. The number of carbonyl (C=O) groups excluding carboxylic acids is 2. The van der Waals surface area contributed by atoms with Crippen LogP contribution in [0.2, 0.25) is 0 Å². The van der Waals surface area contributed by atoms with Gasteiger partial charge in [-0.15, -0.1) is 0 Å². The molecule has 0 radical (unpaired) electrons. The molecule has 0 fully saturated rings. The first kappa shape index (κ1) is 24.3. The van der Waals surface area contributed by atoms with E-state index in [-0.39, 0.29) is 25.4 Å². The summed E-state index contributed by atoms with van der Waals surface area (Å²) in [6.07, 6.45) is 0.588. The maximum Gasteiger partial charge on any atom is 0.248 e. The lowest BCUT2D eigenvalue weighted by Gasteiger charge is -2.31. The van der Waals surface area contributed by atoms with Gasteiger partial charge in [0, 0.05) is 6.54 Å². The van der Waals surface area contributed by atoms with E-state index in [2.05, 4.69) is 5.32 Å². The van der Waals surface area contributed by atoms with Gasteiger partial charge in [-0.2, -0.15) is 0 Å². The van der Waals surface area contributed by atoms with Crippen LogP contribution in [0.4, 0.5) is 0 Å². The van der Waals surface area contributed by atoms with E-state index in [4.69, 9.17) is 11.5 Å². The Morgan fingerprint density at radius 3 is 1.85 bits per heavy atom. The van der Waals surface area contributed by atoms with Crippen molar-refractivity contribution >= 4 is 11.7 Å². The van der Waals surface area contributed by atoms with Crippen LogP contribution in [-0.4, -0.2) is 28.9 Å². The van der Waals surface area contributed by atoms with E-state index in [9.17, 15) is 14.7 Å². The average Bonchev–Trinajstić information content (AvgIpc) is 2.87. The second-order valence-electron chi connectivity index (χ2n) is 8.14. The standard InChI is InChI=1S/C27H31N3O3/c28-17-7-16-27(29,26(33)30-18-20-12-14-21(19-31)15-13-20)25(32)24(22-8-3-1-4-9-22)23-10-5-2-6-11-23/h1-6,8-15,24,31H,7,16-19,28-29H2,(H,30,33)/t27-/m1/s1. The van der Waals surface area contributed by atoms with Crippen LogP contribution < -0.4 is 16.8 Å². The summed E-state index contributed by atoms with van der Waals surface area (Å²) in [7, 11) is 0. The molecule has 0 unspecified atom stereocenters. The number of hydrogen-bond donors (Lipinski definition) is 4. The van der Waals surface area contributed by atoms with Crippen molar-refractivity contribution in [3.63, 3.8) is 0 Å². The van der Waals surface area contributed by atoms with Gasteiger partial charge in [0.2, 0.25) is 5.91 Å². The highest BCUT2D eigenvalue weighted by molar-refractivity contribution is 6.13. The van der Waals surface area contributed by atoms with Gasteiger partial charge in [-0.1, -0.05) is 84.9 Å². The summed E-state index contributed by atoms with van der Waals surface area (Å²) < 4.78 is 0. The van der Waals surface area contributed by atoms with E-state index < -0.39 is 17.4 Å². The lowest BCUT2D eigenvalue weighted by molar-refractivity contribution is -0.136. The van der Waals surface area contributed by atoms with Crippen molar-refractivity contribution in [1.29, 1.82) is 0 Å². The Kier molecular flexibility index (Phi) is 8.49. The number of ketones is 1. The van der Waals surface area contributed by atoms with Crippen LogP contribution >= 0.6 is 0 Å². The Morgan fingerprint density at radius 1 is 0.848 bits per heavy atom. The second kappa shape index (κ2) is 11.5. The van der Waals surface area contributed by atoms with Crippen molar-refractivity contribution in [3.05, 3.63) is 107 Å². The summed E-state index contributed by atoms with van der Waals surface area (Å²) in [4.78, 5) is 27.3. The molecule has 33 heavy (non-hydrogen) atoms. The van der Waals surface area contributed by atoms with Crippen LogP contribution in [0.15, 0.2) is 84.9 Å². The van der Waals surface area contributed by atoms with E-state index >= 15 is 0 Å². The summed E-state index contributed by atoms with van der Waals surface area (Å²) in [6.45, 7) is 0.497. The zero-order chi connectivity index (χ0) is 23.7. The Bertz CT molecular complexity index is 1000. The first-order valence-corrected chi connectivity index (χ1v) is 11.1. The number of aliphatic hydroxyl groups excluding tert-OH is 1. The van der Waals surface area contributed by atoms with Crippen LogP contribution in [0.3, 0.4) is 0 Å². The molecule has 6 nitrogen and oxygen atoms in total. The molecule has 6 N–H and O–H groups in total. The minimum absolute atomic E-state index is 0.0491. The fourth-order valence-electron chi connectivity index (χ4n) is 3.88. The zero-order valence-corrected chi connectivity index (χ0v) is 18.6. The molecular formula is C27H31N3O3. The highest BCUT2D eigenvalue weighted by Gasteiger charge is 2.45. The van der Waals surface area contributed by atoms with Crippen molar-refractivity contribution in [2.24, 2.45) is 11.5 Å². The molecular weight excluding hydrogens is 414 g/mol. The third-order valence-electron chi connectivity index (χ3n) is 5.81. The largest absolute Gasteiger partial charge is 0.392 e. The van der Waals surface area contributed by atoms with E-state index in [1.807, 2.05) is 72.8 Å². The van der Waals surface area contributed by atoms with Gasteiger partial charge >= 0.3 is 0 Å². The van der Waals surface area contributed by atoms with Gasteiger partial charge in [0.1, 0.15) is 0 Å². The van der Waals surface area contributed by atoms with Crippen molar-refractivity contribution in [2.75, 3.05) is 6.54 Å². The zero-order valence-electron chi connectivity index (χ0n) is 18.6. The van der Waals surface area contributed by atoms with Gasteiger partial charge in [0.15, 0.2) is 11.3 Å². The van der Waals surface area contributed by atoms with Crippen LogP contribution in [-0.2, 0) is 22.7 Å². The number of Topliss-reactive ketones (excluding diaryl/α,β-unsaturated/α-hetero) is 1. The summed E-state index contributed by atoms with van der Waals surface area (Å²) in [5.74, 6) is -1.56. The lowest BCUT2D eigenvalue weighted by atomic mass is 9.76. The number of hydrogen-bond acceptors (Lipinski definition) is 5. The molecule has 0 bridgehead atoms. The topological polar surface area (TPSA) is 118 Å². The molecule has 0 aliphatic heterocycles. The molecule has 0 aliphatic carbocycles. The monoisotopic (exact) mass is 445 g/mol. The Hall–Kier alpha value is -3.32. The number of aliphatic hydroxyl groups is 1. The molecule has 0 aliphatic rings. The van der Waals surface area contributed by atoms with Gasteiger partial charge in [-0.05, 0) is 41.6 Å². The number of amides is 1. The molecule has 0 saturated heterocycles. The van der Waals surface area contributed by atoms with Crippen molar-refractivity contribution in [2.45, 2.75) is 37.5 Å². The van der Waals surface area contributed by atoms with E-state index in [0.717, 1.165) is 22.3 Å². The van der Waals surface area contributed by atoms with Gasteiger partial charge in [0.25, 0.3) is 0 Å². The molecule has 3 aromatic rings. The molecule has 3 aromatic carbocycles. The predicted octanol–water partition coefficient (Wildman–Crippen LogP) is 2.63. The molecule has 0 spiro atoms. The Balaban J connectivity index is 1.90. The highest BCUT2D eigenvalue weighted by Crippen LogP contribution is 2.31. The van der Waals surface area contributed by atoms with Gasteiger partial charge in [-0.3, -0.25) is 9.59 Å². The first-order chi connectivity index (χ1) is 16.0. The van der Waals surface area contributed by atoms with E-state index in [1.54, 1.807) is 12.1 Å². The third kappa shape index (κ3) is 5.93. The van der Waals surface area contributed by atoms with Crippen molar-refractivity contribution in [3.8, 4) is 0 Å². The van der Waals surface area contributed by atoms with Crippen LogP contribution in [0.25, 0.3) is 0 Å². The molecule has 0 heterocycles. The SMILES string of the molecule is NCCC[C@](N)(C(=O)NCc1ccc(CO)cc1)C(=O)C(c1ccccc1)c1ccccc1. The Morgan fingerprint density at radius 2 is 1.36 bits per heavy atom. The maximum atomic E-state index is 14.0. The molecule has 172 valence electrons. The van der Waals surface area contributed by atoms with Crippen LogP contribution in [0.5, 0.6) is 0 Å². The fraction of sp³-hybridized carbons (Fsp3) is 0.259. The average molecular weight is 446 g/mol. The molecule has 0 aromatic heterocycles. The normalized spacial score (nSPS) is 12.8. The number of carbonyl (C=O) groups is 2. The van der Waals surface area contributed by atoms with Gasteiger partial charge < -0.3 is 21.9 Å². The quantitative estimate of drug-likeness (QED) is 0.338. The number of nitrogens with one attached hydrogen (secondary N) is 1. The molecule has 1 atom stereocenters. The van der Waals surface area contributed by atoms with Gasteiger partial charge in [-0.25, -0.2) is 0 Å². The minimum atomic E-state index is -1.74. The molecule has 1 amide bonds. The number of rotatable bonds is 11. The predicted molar refractivity (Wildman–Crippen MR) is 129 cm³/mol. The summed E-state index contributed by atoms with van der Waals surface area (Å²) in [5, 5.41) is 12.0. The van der Waals surface area contributed by atoms with Crippen molar-refractivity contribution in [1.82, 2.24) is 5.32 Å². The number of benzene rings is 3. The Labute approximate surface area is 194 Å².